The van der Waals surface area contributed by atoms with Crippen molar-refractivity contribution >= 4 is 23.2 Å². The summed E-state index contributed by atoms with van der Waals surface area (Å²) in [6.07, 6.45) is 0.313. The van der Waals surface area contributed by atoms with Crippen LogP contribution in [0.15, 0.2) is 36.5 Å². The maximum Gasteiger partial charge on any atom is 0.251 e. The number of amides is 2. The Morgan fingerprint density at radius 3 is 2.53 bits per heavy atom. The van der Waals surface area contributed by atoms with Crippen molar-refractivity contribution in [2.24, 2.45) is 0 Å². The molecule has 1 fully saturated rings. The first kappa shape index (κ1) is 11.2. The fourth-order valence-electron chi connectivity index (χ4n) is 1.63. The molecule has 0 unspecified atom stereocenters. The zero-order valence-corrected chi connectivity index (χ0v) is 9.49. The number of nitrogens with zero attached hydrogens (tertiary/aromatic N) is 1. The Morgan fingerprint density at radius 2 is 2.06 bits per heavy atom. The molecule has 0 aliphatic carbocycles. The molecule has 5 heteroatoms. The maximum absolute atomic E-state index is 11.6. The SMILES string of the molecule is C=C1CC(=O)N(c2ccc(NC(C)=O)cc2)N1. The molecule has 0 bridgehead atoms. The molecule has 0 spiro atoms. The summed E-state index contributed by atoms with van der Waals surface area (Å²) in [6, 6.07) is 7.00. The fourth-order valence-corrected chi connectivity index (χ4v) is 1.63. The first-order valence-corrected chi connectivity index (χ1v) is 5.21. The van der Waals surface area contributed by atoms with Gasteiger partial charge in [-0.3, -0.25) is 15.0 Å². The van der Waals surface area contributed by atoms with Crippen molar-refractivity contribution in [3.63, 3.8) is 0 Å². The smallest absolute Gasteiger partial charge is 0.251 e. The largest absolute Gasteiger partial charge is 0.326 e. The van der Waals surface area contributed by atoms with Crippen LogP contribution in [0.3, 0.4) is 0 Å². The zero-order valence-electron chi connectivity index (χ0n) is 9.49. The summed E-state index contributed by atoms with van der Waals surface area (Å²) in [7, 11) is 0. The van der Waals surface area contributed by atoms with Gasteiger partial charge in [0.25, 0.3) is 5.91 Å². The second-order valence-corrected chi connectivity index (χ2v) is 3.85. The maximum atomic E-state index is 11.6. The van der Waals surface area contributed by atoms with Crippen molar-refractivity contribution in [3.8, 4) is 0 Å². The zero-order chi connectivity index (χ0) is 12.4. The molecule has 1 aromatic carbocycles. The van der Waals surface area contributed by atoms with E-state index < -0.39 is 0 Å². The average molecular weight is 231 g/mol. The Morgan fingerprint density at radius 1 is 1.41 bits per heavy atom. The van der Waals surface area contributed by atoms with Gasteiger partial charge in [0.2, 0.25) is 5.91 Å². The molecule has 1 aromatic rings. The molecule has 0 atom stereocenters. The molecule has 5 nitrogen and oxygen atoms in total. The number of hydrazine groups is 1. The number of anilines is 2. The van der Waals surface area contributed by atoms with Crippen molar-refractivity contribution in [2.75, 3.05) is 10.3 Å². The fraction of sp³-hybridized carbons (Fsp3) is 0.167. The minimum Gasteiger partial charge on any atom is -0.326 e. The minimum absolute atomic E-state index is 0.0396. The number of hydrogen-bond acceptors (Lipinski definition) is 3. The van der Waals surface area contributed by atoms with Crippen LogP contribution in [0.2, 0.25) is 0 Å². The number of hydrogen-bond donors (Lipinski definition) is 2. The second-order valence-electron chi connectivity index (χ2n) is 3.85. The second kappa shape index (κ2) is 4.29. The lowest BCUT2D eigenvalue weighted by Crippen LogP contribution is -2.33. The van der Waals surface area contributed by atoms with Crippen molar-refractivity contribution in [1.82, 2.24) is 5.43 Å². The van der Waals surface area contributed by atoms with Gasteiger partial charge in [-0.2, -0.15) is 0 Å². The highest BCUT2D eigenvalue weighted by Gasteiger charge is 2.23. The minimum atomic E-state index is -0.124. The quantitative estimate of drug-likeness (QED) is 0.808. The van der Waals surface area contributed by atoms with Gasteiger partial charge in [-0.15, -0.1) is 0 Å². The Balaban J connectivity index is 2.15. The van der Waals surface area contributed by atoms with E-state index in [1.165, 1.54) is 11.9 Å². The van der Waals surface area contributed by atoms with Crippen LogP contribution in [0.4, 0.5) is 11.4 Å². The third-order valence-corrected chi connectivity index (χ3v) is 2.33. The molecule has 88 valence electrons. The van der Waals surface area contributed by atoms with Gasteiger partial charge in [-0.05, 0) is 24.3 Å². The summed E-state index contributed by atoms with van der Waals surface area (Å²) in [6.45, 7) is 5.15. The third-order valence-electron chi connectivity index (χ3n) is 2.33. The summed E-state index contributed by atoms with van der Waals surface area (Å²) in [5.41, 5.74) is 4.99. The van der Waals surface area contributed by atoms with Crippen LogP contribution in [0.25, 0.3) is 0 Å². The molecule has 2 N–H and O–H groups in total. The normalized spacial score (nSPS) is 14.8. The van der Waals surface area contributed by atoms with Gasteiger partial charge in [-0.25, -0.2) is 5.01 Å². The number of carbonyl (C=O) groups is 2. The van der Waals surface area contributed by atoms with Crippen molar-refractivity contribution in [1.29, 1.82) is 0 Å². The first-order chi connectivity index (χ1) is 8.06. The predicted molar refractivity (Wildman–Crippen MR) is 65.1 cm³/mol. The highest BCUT2D eigenvalue weighted by Crippen LogP contribution is 2.21. The van der Waals surface area contributed by atoms with Crippen LogP contribution < -0.4 is 15.8 Å². The summed E-state index contributed by atoms with van der Waals surface area (Å²) in [5.74, 6) is -0.163. The molecule has 0 aromatic heterocycles. The van der Waals surface area contributed by atoms with Crippen LogP contribution in [0, 0.1) is 0 Å². The van der Waals surface area contributed by atoms with E-state index in [1.54, 1.807) is 24.3 Å². The van der Waals surface area contributed by atoms with E-state index in [9.17, 15) is 9.59 Å². The lowest BCUT2D eigenvalue weighted by Gasteiger charge is -2.16. The summed E-state index contributed by atoms with van der Waals surface area (Å²) in [4.78, 5) is 22.4. The first-order valence-electron chi connectivity index (χ1n) is 5.21. The van der Waals surface area contributed by atoms with Gasteiger partial charge in [0.15, 0.2) is 0 Å². The third kappa shape index (κ3) is 2.44. The highest BCUT2D eigenvalue weighted by atomic mass is 16.2. The molecule has 2 rings (SSSR count). The van der Waals surface area contributed by atoms with E-state index in [-0.39, 0.29) is 11.8 Å². The van der Waals surface area contributed by atoms with E-state index >= 15 is 0 Å². The Kier molecular flexibility index (Phi) is 2.82. The van der Waals surface area contributed by atoms with E-state index in [4.69, 9.17) is 0 Å². The molecule has 2 amide bonds. The molecule has 1 heterocycles. The summed E-state index contributed by atoms with van der Waals surface area (Å²) in [5, 5.41) is 4.11. The molecule has 1 aliphatic heterocycles. The van der Waals surface area contributed by atoms with Gasteiger partial charge >= 0.3 is 0 Å². The number of benzene rings is 1. The lowest BCUT2D eigenvalue weighted by molar-refractivity contribution is -0.117. The van der Waals surface area contributed by atoms with E-state index in [0.29, 0.717) is 17.8 Å². The molecule has 1 aliphatic rings. The van der Waals surface area contributed by atoms with Crippen molar-refractivity contribution < 1.29 is 9.59 Å². The van der Waals surface area contributed by atoms with Crippen LogP contribution in [0.5, 0.6) is 0 Å². The van der Waals surface area contributed by atoms with Crippen molar-refractivity contribution in [3.05, 3.63) is 36.5 Å². The molecule has 1 saturated heterocycles. The van der Waals surface area contributed by atoms with Crippen LogP contribution in [-0.4, -0.2) is 11.8 Å². The van der Waals surface area contributed by atoms with Gasteiger partial charge in [0.05, 0.1) is 12.1 Å². The van der Waals surface area contributed by atoms with Gasteiger partial charge in [-0.1, -0.05) is 6.58 Å². The molecule has 17 heavy (non-hydrogen) atoms. The lowest BCUT2D eigenvalue weighted by atomic mass is 10.2. The average Bonchev–Trinajstić information content (AvgIpc) is 2.58. The molecular formula is C12H13N3O2. The highest BCUT2D eigenvalue weighted by molar-refractivity contribution is 5.97. The standard InChI is InChI=1S/C12H13N3O2/c1-8-7-12(17)15(14-8)11-5-3-10(4-6-11)13-9(2)16/h3-6,14H,1,7H2,2H3,(H,13,16). The number of rotatable bonds is 2. The summed E-state index contributed by atoms with van der Waals surface area (Å²) < 4.78 is 0. The monoisotopic (exact) mass is 231 g/mol. The van der Waals surface area contributed by atoms with Crippen LogP contribution in [-0.2, 0) is 9.59 Å². The molecule has 0 saturated carbocycles. The Hall–Kier alpha value is -2.30. The molecular weight excluding hydrogens is 218 g/mol. The van der Waals surface area contributed by atoms with E-state index in [0.717, 1.165) is 5.69 Å². The predicted octanol–water partition coefficient (Wildman–Crippen LogP) is 1.40. The van der Waals surface area contributed by atoms with E-state index in [1.807, 2.05) is 0 Å². The Labute approximate surface area is 99.1 Å². The number of nitrogens with one attached hydrogen (secondary N) is 2. The van der Waals surface area contributed by atoms with Crippen LogP contribution >= 0.6 is 0 Å². The van der Waals surface area contributed by atoms with Gasteiger partial charge in [0.1, 0.15) is 0 Å². The topological polar surface area (TPSA) is 61.4 Å². The van der Waals surface area contributed by atoms with Gasteiger partial charge in [0, 0.05) is 18.3 Å². The van der Waals surface area contributed by atoms with Crippen molar-refractivity contribution in [2.45, 2.75) is 13.3 Å². The van der Waals surface area contributed by atoms with Gasteiger partial charge < -0.3 is 5.32 Å². The Bertz CT molecular complexity index is 479. The van der Waals surface area contributed by atoms with Crippen LogP contribution in [0.1, 0.15) is 13.3 Å². The number of carbonyl (C=O) groups excluding carboxylic acids is 2. The van der Waals surface area contributed by atoms with E-state index in [2.05, 4.69) is 17.3 Å². The summed E-state index contributed by atoms with van der Waals surface area (Å²) >= 11 is 0. The molecule has 0 radical (unpaired) electrons.